The lowest BCUT2D eigenvalue weighted by molar-refractivity contribution is 0.0962. The number of anilines is 1. The van der Waals surface area contributed by atoms with Crippen molar-refractivity contribution in [1.82, 2.24) is 15.0 Å². The van der Waals surface area contributed by atoms with Gasteiger partial charge >= 0.3 is 0 Å². The predicted octanol–water partition coefficient (Wildman–Crippen LogP) is 3.01. The van der Waals surface area contributed by atoms with Gasteiger partial charge in [-0.1, -0.05) is 23.7 Å². The van der Waals surface area contributed by atoms with E-state index >= 15 is 0 Å². The first-order valence-electron chi connectivity index (χ1n) is 8.11. The summed E-state index contributed by atoms with van der Waals surface area (Å²) in [7, 11) is 2.85. The Bertz CT molecular complexity index is 1080. The van der Waals surface area contributed by atoms with Gasteiger partial charge in [-0.25, -0.2) is 9.37 Å². The van der Waals surface area contributed by atoms with Crippen LogP contribution in [-0.4, -0.2) is 22.6 Å². The average Bonchev–Trinajstić information content (AvgIpc) is 2.69. The van der Waals surface area contributed by atoms with E-state index in [9.17, 15) is 14.0 Å². The van der Waals surface area contributed by atoms with Gasteiger partial charge < -0.3 is 9.30 Å². The molecule has 0 radical (unpaired) electrons. The van der Waals surface area contributed by atoms with Crippen molar-refractivity contribution in [3.8, 4) is 17.0 Å². The maximum Gasteiger partial charge on any atom is 0.271 e. The minimum atomic E-state index is -0.672. The summed E-state index contributed by atoms with van der Waals surface area (Å²) in [5.41, 5.74) is 6.21. The Labute approximate surface area is 164 Å². The summed E-state index contributed by atoms with van der Waals surface area (Å²) in [4.78, 5) is 28.7. The molecule has 3 aromatic rings. The number of nitrogens with one attached hydrogen (secondary N) is 2. The molecule has 0 unspecified atom stereocenters. The van der Waals surface area contributed by atoms with Crippen LogP contribution < -0.4 is 21.1 Å². The first-order chi connectivity index (χ1) is 13.4. The van der Waals surface area contributed by atoms with E-state index in [-0.39, 0.29) is 22.7 Å². The summed E-state index contributed by atoms with van der Waals surface area (Å²) in [6.07, 6.45) is 2.72. The van der Waals surface area contributed by atoms with Crippen LogP contribution in [0.15, 0.2) is 53.6 Å². The van der Waals surface area contributed by atoms with Crippen molar-refractivity contribution in [2.24, 2.45) is 7.05 Å². The number of pyridine rings is 2. The first-order valence-corrected chi connectivity index (χ1v) is 8.49. The third-order valence-electron chi connectivity index (χ3n) is 3.92. The van der Waals surface area contributed by atoms with Crippen molar-refractivity contribution in [3.63, 3.8) is 0 Å². The summed E-state index contributed by atoms with van der Waals surface area (Å²) in [6.45, 7) is 0. The molecular formula is C19H16ClFN4O3. The molecule has 0 saturated carbocycles. The molecule has 3 rings (SSSR count). The van der Waals surface area contributed by atoms with Crippen LogP contribution >= 0.6 is 11.6 Å². The maximum absolute atomic E-state index is 13.7. The van der Waals surface area contributed by atoms with Crippen LogP contribution in [-0.2, 0) is 7.05 Å². The zero-order valence-corrected chi connectivity index (χ0v) is 15.7. The van der Waals surface area contributed by atoms with E-state index in [0.717, 1.165) is 6.07 Å². The zero-order chi connectivity index (χ0) is 20.3. The fourth-order valence-corrected chi connectivity index (χ4v) is 2.64. The summed E-state index contributed by atoms with van der Waals surface area (Å²) in [5.74, 6) is -1.33. The van der Waals surface area contributed by atoms with E-state index in [1.165, 1.54) is 30.1 Å². The lowest BCUT2D eigenvalue weighted by Crippen LogP contribution is -2.31. The van der Waals surface area contributed by atoms with Crippen molar-refractivity contribution in [2.75, 3.05) is 12.5 Å². The minimum Gasteiger partial charge on any atom is -0.479 e. The number of carbonyl (C=O) groups excluding carboxylic acids is 1. The van der Waals surface area contributed by atoms with Crippen LogP contribution in [0, 0.1) is 5.82 Å². The Morgan fingerprint density at radius 2 is 1.96 bits per heavy atom. The summed E-state index contributed by atoms with van der Waals surface area (Å²) in [6, 6.07) is 9.34. The molecule has 2 heterocycles. The van der Waals surface area contributed by atoms with Crippen LogP contribution in [0.25, 0.3) is 11.1 Å². The van der Waals surface area contributed by atoms with Gasteiger partial charge in [0.1, 0.15) is 0 Å². The van der Waals surface area contributed by atoms with Gasteiger partial charge in [-0.2, -0.15) is 0 Å². The van der Waals surface area contributed by atoms with Crippen molar-refractivity contribution < 1.29 is 13.9 Å². The third-order valence-corrected chi connectivity index (χ3v) is 4.17. The van der Waals surface area contributed by atoms with E-state index in [2.05, 4.69) is 15.8 Å². The monoisotopic (exact) mass is 402 g/mol. The number of rotatable bonds is 5. The van der Waals surface area contributed by atoms with Crippen LogP contribution in [0.2, 0.25) is 5.02 Å². The molecule has 2 aromatic heterocycles. The van der Waals surface area contributed by atoms with Crippen LogP contribution in [0.3, 0.4) is 0 Å². The summed E-state index contributed by atoms with van der Waals surface area (Å²) >= 11 is 5.89. The molecular weight excluding hydrogens is 387 g/mol. The highest BCUT2D eigenvalue weighted by Gasteiger charge is 2.13. The largest absolute Gasteiger partial charge is 0.479 e. The number of halogens is 2. The second-order valence-corrected chi connectivity index (χ2v) is 6.30. The number of amides is 1. The normalized spacial score (nSPS) is 10.4. The Hall–Kier alpha value is -3.39. The molecule has 0 aliphatic carbocycles. The van der Waals surface area contributed by atoms with Gasteiger partial charge in [0.2, 0.25) is 5.88 Å². The standard InChI is InChI=1S/C19H16ClFN4O3/c1-25-10-12(7-15(19(25)27)11-3-5-13(20)6-4-11)17(26)24-23-14-8-16(21)18(28-2)22-9-14/h3-10,23H,1-2H3,(H,24,26). The highest BCUT2D eigenvalue weighted by Crippen LogP contribution is 2.20. The molecule has 1 amide bonds. The quantitative estimate of drug-likeness (QED) is 0.641. The molecule has 0 saturated heterocycles. The highest BCUT2D eigenvalue weighted by molar-refractivity contribution is 6.30. The number of aryl methyl sites for hydroxylation is 1. The summed E-state index contributed by atoms with van der Waals surface area (Å²) < 4.78 is 19.7. The van der Waals surface area contributed by atoms with Crippen molar-refractivity contribution in [3.05, 3.63) is 75.5 Å². The summed E-state index contributed by atoms with van der Waals surface area (Å²) in [5, 5.41) is 0.541. The molecule has 0 bridgehead atoms. The lowest BCUT2D eigenvalue weighted by atomic mass is 10.1. The fraction of sp³-hybridized carbons (Fsp3) is 0.105. The lowest BCUT2D eigenvalue weighted by Gasteiger charge is -2.11. The number of benzene rings is 1. The molecule has 0 aliphatic rings. The molecule has 1 aromatic carbocycles. The number of hydrogen-bond donors (Lipinski definition) is 2. The van der Waals surface area contributed by atoms with Gasteiger partial charge in [0, 0.05) is 29.9 Å². The van der Waals surface area contributed by atoms with Gasteiger partial charge in [0.05, 0.1) is 24.6 Å². The molecule has 9 heteroatoms. The van der Waals surface area contributed by atoms with Gasteiger partial charge in [0.15, 0.2) is 5.82 Å². The highest BCUT2D eigenvalue weighted by atomic mass is 35.5. The average molecular weight is 403 g/mol. The number of ether oxygens (including phenoxy) is 1. The van der Waals surface area contributed by atoms with Gasteiger partial charge in [-0.05, 0) is 23.8 Å². The van der Waals surface area contributed by atoms with Gasteiger partial charge in [-0.15, -0.1) is 0 Å². The molecule has 2 N–H and O–H groups in total. The van der Waals surface area contributed by atoms with Gasteiger partial charge in [-0.3, -0.25) is 20.4 Å². The molecule has 144 valence electrons. The smallest absolute Gasteiger partial charge is 0.271 e. The second kappa shape index (κ2) is 8.10. The predicted molar refractivity (Wildman–Crippen MR) is 104 cm³/mol. The van der Waals surface area contributed by atoms with Gasteiger partial charge in [0.25, 0.3) is 11.5 Å². The van der Waals surface area contributed by atoms with Crippen molar-refractivity contribution >= 4 is 23.2 Å². The van der Waals surface area contributed by atoms with Crippen molar-refractivity contribution in [1.29, 1.82) is 0 Å². The topological polar surface area (TPSA) is 85.2 Å². The number of aromatic nitrogens is 2. The number of hydrogen-bond acceptors (Lipinski definition) is 5. The number of methoxy groups -OCH3 is 1. The molecule has 7 nitrogen and oxygen atoms in total. The van der Waals surface area contributed by atoms with Crippen LogP contribution in [0.1, 0.15) is 10.4 Å². The minimum absolute atomic E-state index is 0.150. The van der Waals surface area contributed by atoms with Crippen molar-refractivity contribution in [2.45, 2.75) is 0 Å². The number of carbonyl (C=O) groups is 1. The Balaban J connectivity index is 1.83. The Kier molecular flexibility index (Phi) is 5.60. The second-order valence-electron chi connectivity index (χ2n) is 5.86. The molecule has 0 aliphatic heterocycles. The van der Waals surface area contributed by atoms with E-state index in [1.807, 2.05) is 0 Å². The Morgan fingerprint density at radius 1 is 1.25 bits per heavy atom. The number of nitrogens with zero attached hydrogens (tertiary/aromatic N) is 2. The SMILES string of the molecule is COc1ncc(NNC(=O)c2cc(-c3ccc(Cl)cc3)c(=O)n(C)c2)cc1F. The van der Waals surface area contributed by atoms with Crippen LogP contribution in [0.5, 0.6) is 5.88 Å². The fourth-order valence-electron chi connectivity index (χ4n) is 2.52. The maximum atomic E-state index is 13.7. The number of hydrazine groups is 1. The Morgan fingerprint density at radius 3 is 2.61 bits per heavy atom. The van der Waals surface area contributed by atoms with E-state index in [4.69, 9.17) is 16.3 Å². The van der Waals surface area contributed by atoms with E-state index in [1.54, 1.807) is 31.3 Å². The zero-order valence-electron chi connectivity index (χ0n) is 15.0. The van der Waals surface area contributed by atoms with E-state index < -0.39 is 11.7 Å². The third kappa shape index (κ3) is 4.12. The molecule has 0 fully saturated rings. The molecule has 0 atom stereocenters. The van der Waals surface area contributed by atoms with E-state index in [0.29, 0.717) is 16.1 Å². The van der Waals surface area contributed by atoms with Crippen LogP contribution in [0.4, 0.5) is 10.1 Å². The molecule has 0 spiro atoms. The first kappa shape index (κ1) is 19.4. The molecule has 28 heavy (non-hydrogen) atoms.